The fourth-order valence-corrected chi connectivity index (χ4v) is 2.41. The molecule has 80 valence electrons. The number of sulfonamides is 1. The number of nitriles is 1. The quantitative estimate of drug-likeness (QED) is 0.652. The van der Waals surface area contributed by atoms with E-state index in [4.69, 9.17) is 5.26 Å². The van der Waals surface area contributed by atoms with Crippen LogP contribution in [0.3, 0.4) is 0 Å². The molecule has 1 rings (SSSR count). The third-order valence-electron chi connectivity index (χ3n) is 3.01. The maximum atomic E-state index is 11.2. The van der Waals surface area contributed by atoms with E-state index in [-0.39, 0.29) is 5.41 Å². The van der Waals surface area contributed by atoms with Crippen LogP contribution in [0.15, 0.2) is 0 Å². The topological polar surface area (TPSA) is 61.2 Å². The molecule has 1 saturated heterocycles. The molecule has 1 fully saturated rings. The average molecular weight is 216 g/mol. The molecule has 0 bridgehead atoms. The van der Waals surface area contributed by atoms with E-state index >= 15 is 0 Å². The Morgan fingerprint density at radius 1 is 1.36 bits per heavy atom. The molecule has 0 spiro atoms. The van der Waals surface area contributed by atoms with E-state index in [2.05, 4.69) is 6.07 Å². The smallest absolute Gasteiger partial charge is 0.211 e. The van der Waals surface area contributed by atoms with Crippen LogP contribution in [-0.4, -0.2) is 32.1 Å². The highest BCUT2D eigenvalue weighted by Crippen LogP contribution is 2.46. The Labute approximate surface area is 85.6 Å². The summed E-state index contributed by atoms with van der Waals surface area (Å²) in [4.78, 5) is 0. The first-order chi connectivity index (χ1) is 6.12. The maximum absolute atomic E-state index is 11.2. The number of rotatable bonds is 1. The first-order valence-corrected chi connectivity index (χ1v) is 6.34. The van der Waals surface area contributed by atoms with E-state index in [0.717, 1.165) is 0 Å². The summed E-state index contributed by atoms with van der Waals surface area (Å²) in [6.45, 7) is 6.55. The Balaban J connectivity index is 2.84. The minimum atomic E-state index is -3.13. The normalized spacial score (nSPS) is 22.5. The highest BCUT2D eigenvalue weighted by molar-refractivity contribution is 7.88. The lowest BCUT2D eigenvalue weighted by atomic mass is 9.64. The molecular formula is C9H16N2O2S. The highest BCUT2D eigenvalue weighted by Gasteiger charge is 2.54. The van der Waals surface area contributed by atoms with Crippen LogP contribution in [0.25, 0.3) is 0 Å². The predicted molar refractivity (Wildman–Crippen MR) is 53.9 cm³/mol. The van der Waals surface area contributed by atoms with Gasteiger partial charge >= 0.3 is 0 Å². The lowest BCUT2D eigenvalue weighted by Gasteiger charge is -2.51. The SMILES string of the molecule is CC(C)(C)C1(C#N)CN(S(C)(=O)=O)C1. The van der Waals surface area contributed by atoms with Crippen LogP contribution >= 0.6 is 0 Å². The van der Waals surface area contributed by atoms with Crippen molar-refractivity contribution in [3.05, 3.63) is 0 Å². The lowest BCUT2D eigenvalue weighted by molar-refractivity contribution is 0.0190. The van der Waals surface area contributed by atoms with E-state index < -0.39 is 15.4 Å². The molecule has 1 heterocycles. The van der Waals surface area contributed by atoms with Crippen LogP contribution < -0.4 is 0 Å². The maximum Gasteiger partial charge on any atom is 0.211 e. The molecule has 0 saturated carbocycles. The molecule has 1 aliphatic heterocycles. The van der Waals surface area contributed by atoms with Crippen LogP contribution in [-0.2, 0) is 10.0 Å². The van der Waals surface area contributed by atoms with E-state index in [1.165, 1.54) is 10.6 Å². The van der Waals surface area contributed by atoms with Crippen molar-refractivity contribution in [3.8, 4) is 6.07 Å². The van der Waals surface area contributed by atoms with Crippen molar-refractivity contribution in [1.82, 2.24) is 4.31 Å². The molecule has 0 radical (unpaired) electrons. The minimum Gasteiger partial charge on any atom is -0.213 e. The fourth-order valence-electron chi connectivity index (χ4n) is 1.50. The summed E-state index contributed by atoms with van der Waals surface area (Å²) in [6.07, 6.45) is 1.18. The number of nitrogens with zero attached hydrogens (tertiary/aromatic N) is 2. The van der Waals surface area contributed by atoms with Crippen LogP contribution in [0.5, 0.6) is 0 Å². The van der Waals surface area contributed by atoms with Gasteiger partial charge in [-0.3, -0.25) is 0 Å². The van der Waals surface area contributed by atoms with E-state index in [9.17, 15) is 8.42 Å². The summed E-state index contributed by atoms with van der Waals surface area (Å²) in [5.74, 6) is 0. The monoisotopic (exact) mass is 216 g/mol. The lowest BCUT2D eigenvalue weighted by Crippen LogP contribution is -2.62. The summed E-state index contributed by atoms with van der Waals surface area (Å²) < 4.78 is 23.7. The molecule has 0 aromatic rings. The van der Waals surface area contributed by atoms with Gasteiger partial charge in [-0.15, -0.1) is 0 Å². The second-order valence-corrected chi connectivity index (χ2v) is 6.96. The molecule has 4 nitrogen and oxygen atoms in total. The third-order valence-corrected chi connectivity index (χ3v) is 4.21. The average Bonchev–Trinajstić information content (AvgIpc) is 1.78. The van der Waals surface area contributed by atoms with Gasteiger partial charge in [-0.2, -0.15) is 9.57 Å². The molecule has 0 N–H and O–H groups in total. The fraction of sp³-hybridized carbons (Fsp3) is 0.889. The molecule has 14 heavy (non-hydrogen) atoms. The van der Waals surface area contributed by atoms with E-state index in [0.29, 0.717) is 13.1 Å². The van der Waals surface area contributed by atoms with Crippen molar-refractivity contribution in [2.75, 3.05) is 19.3 Å². The van der Waals surface area contributed by atoms with Crippen molar-refractivity contribution in [2.45, 2.75) is 20.8 Å². The van der Waals surface area contributed by atoms with Gasteiger partial charge in [0.05, 0.1) is 17.7 Å². The Bertz CT molecular complexity index is 367. The number of hydrogen-bond acceptors (Lipinski definition) is 3. The van der Waals surface area contributed by atoms with Gasteiger partial charge in [0.1, 0.15) is 0 Å². The zero-order chi connectivity index (χ0) is 11.2. The zero-order valence-electron chi connectivity index (χ0n) is 9.03. The van der Waals surface area contributed by atoms with Crippen LogP contribution in [0.1, 0.15) is 20.8 Å². The van der Waals surface area contributed by atoms with Gasteiger partial charge in [0.15, 0.2) is 0 Å². The largest absolute Gasteiger partial charge is 0.213 e. The first kappa shape index (κ1) is 11.5. The van der Waals surface area contributed by atoms with Crippen molar-refractivity contribution < 1.29 is 8.42 Å². The Morgan fingerprint density at radius 3 is 2.00 bits per heavy atom. The predicted octanol–water partition coefficient (Wildman–Crippen LogP) is 0.818. The highest BCUT2D eigenvalue weighted by atomic mass is 32.2. The molecule has 0 atom stereocenters. The summed E-state index contributed by atoms with van der Waals surface area (Å²) in [7, 11) is -3.13. The van der Waals surface area contributed by atoms with E-state index in [1.807, 2.05) is 20.8 Å². The van der Waals surface area contributed by atoms with Gasteiger partial charge in [-0.1, -0.05) is 20.8 Å². The molecule has 5 heteroatoms. The molecule has 1 aliphatic rings. The van der Waals surface area contributed by atoms with Crippen molar-refractivity contribution >= 4 is 10.0 Å². The van der Waals surface area contributed by atoms with Gasteiger partial charge in [0.2, 0.25) is 10.0 Å². The molecule has 0 amide bonds. The Hall–Kier alpha value is -0.600. The molecule has 0 aromatic carbocycles. The third kappa shape index (κ3) is 1.64. The van der Waals surface area contributed by atoms with Crippen LogP contribution in [0, 0.1) is 22.2 Å². The second kappa shape index (κ2) is 2.94. The molecule has 0 aliphatic carbocycles. The molecule has 0 aromatic heterocycles. The standard InChI is InChI=1S/C9H16N2O2S/c1-8(2,3)9(5-10)6-11(7-9)14(4,12)13/h6-7H2,1-4H3. The Kier molecular flexibility index (Phi) is 2.41. The van der Waals surface area contributed by atoms with Gasteiger partial charge in [-0.05, 0) is 5.41 Å². The molecular weight excluding hydrogens is 200 g/mol. The van der Waals surface area contributed by atoms with Crippen LogP contribution in [0.2, 0.25) is 0 Å². The Morgan fingerprint density at radius 2 is 1.79 bits per heavy atom. The van der Waals surface area contributed by atoms with Crippen molar-refractivity contribution in [2.24, 2.45) is 10.8 Å². The van der Waals surface area contributed by atoms with Crippen molar-refractivity contribution in [3.63, 3.8) is 0 Å². The van der Waals surface area contributed by atoms with Gasteiger partial charge in [0, 0.05) is 13.1 Å². The van der Waals surface area contributed by atoms with Gasteiger partial charge < -0.3 is 0 Å². The van der Waals surface area contributed by atoms with Gasteiger partial charge in [-0.25, -0.2) is 8.42 Å². The van der Waals surface area contributed by atoms with Gasteiger partial charge in [0.25, 0.3) is 0 Å². The van der Waals surface area contributed by atoms with Crippen LogP contribution in [0.4, 0.5) is 0 Å². The summed E-state index contributed by atoms with van der Waals surface area (Å²) in [5, 5.41) is 9.08. The van der Waals surface area contributed by atoms with Crippen molar-refractivity contribution in [1.29, 1.82) is 5.26 Å². The summed E-state index contributed by atoms with van der Waals surface area (Å²) >= 11 is 0. The summed E-state index contributed by atoms with van der Waals surface area (Å²) in [6, 6.07) is 2.25. The summed E-state index contributed by atoms with van der Waals surface area (Å²) in [5.41, 5.74) is -0.695. The second-order valence-electron chi connectivity index (χ2n) is 4.97. The van der Waals surface area contributed by atoms with E-state index in [1.54, 1.807) is 0 Å². The number of hydrogen-bond donors (Lipinski definition) is 0. The first-order valence-electron chi connectivity index (χ1n) is 4.49. The molecule has 0 unspecified atom stereocenters. The minimum absolute atomic E-state index is 0.178. The zero-order valence-corrected chi connectivity index (χ0v) is 9.85.